The highest BCUT2D eigenvalue weighted by Gasteiger charge is 2.40. The molecule has 1 N–H and O–H groups in total. The molecule has 1 aromatic carbocycles. The Morgan fingerprint density at radius 3 is 2.42 bits per heavy atom. The maximum absolute atomic E-state index is 12.5. The molecule has 9 heteroatoms. The number of amides is 1. The zero-order chi connectivity index (χ0) is 18.8. The number of carbonyl (C=O) groups excluding carboxylic acids is 1. The van der Waals surface area contributed by atoms with Crippen molar-refractivity contribution in [2.24, 2.45) is 5.41 Å². The molecule has 0 bridgehead atoms. The Kier molecular flexibility index (Phi) is 5.22. The van der Waals surface area contributed by atoms with Crippen LogP contribution in [0.1, 0.15) is 18.1 Å². The summed E-state index contributed by atoms with van der Waals surface area (Å²) in [5.74, 6) is -0.698. The summed E-state index contributed by atoms with van der Waals surface area (Å²) in [7, 11) is 0. The van der Waals surface area contributed by atoms with Gasteiger partial charge in [0.05, 0.1) is 23.5 Å². The van der Waals surface area contributed by atoms with E-state index in [2.05, 4.69) is 10.1 Å². The predicted octanol–water partition coefficient (Wildman–Crippen LogP) is 4.34. The van der Waals surface area contributed by atoms with E-state index in [1.807, 2.05) is 17.5 Å². The number of alkyl halides is 3. The first kappa shape index (κ1) is 18.7. The molecular weight excluding hydrogens is 371 g/mol. The number of nitrogens with one attached hydrogen (secondary N) is 1. The summed E-state index contributed by atoms with van der Waals surface area (Å²) in [5.41, 5.74) is -0.555. The zero-order valence-corrected chi connectivity index (χ0v) is 14.5. The van der Waals surface area contributed by atoms with Crippen molar-refractivity contribution >= 4 is 22.9 Å². The molecule has 2 heterocycles. The zero-order valence-electron chi connectivity index (χ0n) is 13.7. The molecule has 1 aromatic heterocycles. The van der Waals surface area contributed by atoms with E-state index in [4.69, 9.17) is 9.47 Å². The molecule has 1 amide bonds. The van der Waals surface area contributed by atoms with E-state index >= 15 is 0 Å². The van der Waals surface area contributed by atoms with Crippen molar-refractivity contribution in [2.75, 3.05) is 18.5 Å². The largest absolute Gasteiger partial charge is 0.573 e. The van der Waals surface area contributed by atoms with Gasteiger partial charge in [0.25, 0.3) is 0 Å². The Labute approximate surface area is 151 Å². The van der Waals surface area contributed by atoms with Crippen LogP contribution in [0.2, 0.25) is 0 Å². The summed E-state index contributed by atoms with van der Waals surface area (Å²) in [4.78, 5) is 13.4. The second-order valence-corrected chi connectivity index (χ2v) is 7.04. The maximum atomic E-state index is 12.5. The molecule has 2 aromatic rings. The van der Waals surface area contributed by atoms with Crippen LogP contribution in [-0.4, -0.2) is 25.5 Å². The van der Waals surface area contributed by atoms with Crippen LogP contribution in [-0.2, 0) is 14.3 Å². The number of hydrogen-bond donors (Lipinski definition) is 1. The van der Waals surface area contributed by atoms with E-state index in [9.17, 15) is 18.0 Å². The van der Waals surface area contributed by atoms with Crippen molar-refractivity contribution in [3.63, 3.8) is 0 Å². The van der Waals surface area contributed by atoms with Crippen LogP contribution in [0.4, 0.5) is 18.9 Å². The third-order valence-corrected chi connectivity index (χ3v) is 4.67. The van der Waals surface area contributed by atoms with Crippen LogP contribution in [0.3, 0.4) is 0 Å². The fourth-order valence-corrected chi connectivity index (χ4v) is 3.07. The van der Waals surface area contributed by atoms with Crippen molar-refractivity contribution in [1.29, 1.82) is 0 Å². The second kappa shape index (κ2) is 7.26. The molecule has 1 aliphatic heterocycles. The molecular formula is C17H16F3NO4S. The Morgan fingerprint density at radius 2 is 1.88 bits per heavy atom. The van der Waals surface area contributed by atoms with Crippen LogP contribution in [0.5, 0.6) is 5.75 Å². The first-order valence-corrected chi connectivity index (χ1v) is 8.57. The van der Waals surface area contributed by atoms with Crippen molar-refractivity contribution in [3.05, 3.63) is 46.7 Å². The number of halogens is 3. The fraction of sp³-hybridized carbons (Fsp3) is 0.353. The molecule has 26 heavy (non-hydrogen) atoms. The van der Waals surface area contributed by atoms with Gasteiger partial charge < -0.3 is 19.5 Å². The minimum Gasteiger partial charge on any atom is -0.406 e. The van der Waals surface area contributed by atoms with Crippen molar-refractivity contribution in [2.45, 2.75) is 19.6 Å². The van der Waals surface area contributed by atoms with E-state index in [1.165, 1.54) is 23.5 Å². The number of benzene rings is 1. The van der Waals surface area contributed by atoms with E-state index in [1.54, 1.807) is 6.92 Å². The summed E-state index contributed by atoms with van der Waals surface area (Å²) in [5, 5.41) is 4.57. The highest BCUT2D eigenvalue weighted by molar-refractivity contribution is 7.10. The van der Waals surface area contributed by atoms with Gasteiger partial charge in [0, 0.05) is 5.69 Å². The fourth-order valence-electron chi connectivity index (χ4n) is 2.35. The number of carbonyl (C=O) groups is 1. The van der Waals surface area contributed by atoms with Gasteiger partial charge in [0.2, 0.25) is 5.91 Å². The molecule has 1 aliphatic rings. The molecule has 0 radical (unpaired) electrons. The van der Waals surface area contributed by atoms with E-state index in [0.29, 0.717) is 5.69 Å². The first-order chi connectivity index (χ1) is 12.3. The molecule has 0 aliphatic carbocycles. The predicted molar refractivity (Wildman–Crippen MR) is 88.8 cm³/mol. The minimum absolute atomic E-state index is 0.163. The third-order valence-electron chi connectivity index (χ3n) is 3.78. The van der Waals surface area contributed by atoms with Gasteiger partial charge in [0.1, 0.15) is 5.75 Å². The van der Waals surface area contributed by atoms with Crippen molar-refractivity contribution in [3.8, 4) is 5.75 Å². The van der Waals surface area contributed by atoms with Gasteiger partial charge in [-0.1, -0.05) is 6.07 Å². The summed E-state index contributed by atoms with van der Waals surface area (Å²) in [6.45, 7) is 2.03. The Bertz CT molecular complexity index is 738. The van der Waals surface area contributed by atoms with Crippen LogP contribution in [0.25, 0.3) is 0 Å². The monoisotopic (exact) mass is 387 g/mol. The van der Waals surface area contributed by atoms with Crippen molar-refractivity contribution < 1.29 is 32.2 Å². The number of hydrogen-bond acceptors (Lipinski definition) is 5. The average molecular weight is 387 g/mol. The Hall–Kier alpha value is -2.10. The highest BCUT2D eigenvalue weighted by atomic mass is 32.1. The molecule has 0 saturated carbocycles. The van der Waals surface area contributed by atoms with Gasteiger partial charge >= 0.3 is 6.36 Å². The summed E-state index contributed by atoms with van der Waals surface area (Å²) < 4.78 is 51.6. The van der Waals surface area contributed by atoms with E-state index in [-0.39, 0.29) is 24.9 Å². The molecule has 0 atom stereocenters. The van der Waals surface area contributed by atoms with Gasteiger partial charge in [-0.05, 0) is 42.6 Å². The van der Waals surface area contributed by atoms with Gasteiger partial charge in [-0.2, -0.15) is 0 Å². The maximum Gasteiger partial charge on any atom is 0.573 e. The van der Waals surface area contributed by atoms with Crippen molar-refractivity contribution in [1.82, 2.24) is 0 Å². The van der Waals surface area contributed by atoms with Crippen LogP contribution in [0.15, 0.2) is 41.8 Å². The van der Waals surface area contributed by atoms with Crippen LogP contribution >= 0.6 is 11.3 Å². The average Bonchev–Trinajstić information content (AvgIpc) is 3.10. The lowest BCUT2D eigenvalue weighted by Crippen LogP contribution is -2.45. The summed E-state index contributed by atoms with van der Waals surface area (Å²) in [6, 6.07) is 8.71. The van der Waals surface area contributed by atoms with Gasteiger partial charge in [-0.15, -0.1) is 24.5 Å². The van der Waals surface area contributed by atoms with E-state index in [0.717, 1.165) is 17.0 Å². The lowest BCUT2D eigenvalue weighted by atomic mass is 9.90. The molecule has 0 spiro atoms. The molecule has 0 unspecified atom stereocenters. The number of anilines is 1. The van der Waals surface area contributed by atoms with Gasteiger partial charge in [-0.25, -0.2) is 0 Å². The highest BCUT2D eigenvalue weighted by Crippen LogP contribution is 2.34. The number of thiophene rings is 1. The molecule has 1 fully saturated rings. The topological polar surface area (TPSA) is 56.8 Å². The van der Waals surface area contributed by atoms with Gasteiger partial charge in [0.15, 0.2) is 6.29 Å². The summed E-state index contributed by atoms with van der Waals surface area (Å²) >= 11 is 1.50. The first-order valence-electron chi connectivity index (χ1n) is 7.69. The molecule has 1 saturated heterocycles. The molecule has 5 nitrogen and oxygen atoms in total. The van der Waals surface area contributed by atoms with Crippen LogP contribution < -0.4 is 10.1 Å². The third kappa shape index (κ3) is 4.54. The SMILES string of the molecule is CC1(C(=O)Nc2ccc(OC(F)(F)F)cc2)COC(c2cccs2)OC1. The lowest BCUT2D eigenvalue weighted by Gasteiger charge is -2.35. The van der Waals surface area contributed by atoms with Crippen LogP contribution in [0, 0.1) is 5.41 Å². The smallest absolute Gasteiger partial charge is 0.406 e. The Morgan fingerprint density at radius 1 is 1.23 bits per heavy atom. The standard InChI is InChI=1S/C17H16F3NO4S/c1-16(9-23-14(24-10-16)13-3-2-8-26-13)15(22)21-11-4-6-12(7-5-11)25-17(18,19)20/h2-8,14H,9-10H2,1H3,(H,21,22). The molecule has 140 valence electrons. The molecule has 3 rings (SSSR count). The summed E-state index contributed by atoms with van der Waals surface area (Å²) in [6.07, 6.45) is -5.25. The van der Waals surface area contributed by atoms with Gasteiger partial charge in [-0.3, -0.25) is 4.79 Å². The van der Waals surface area contributed by atoms with E-state index < -0.39 is 18.1 Å². The number of rotatable bonds is 4. The minimum atomic E-state index is -4.76. The number of ether oxygens (including phenoxy) is 3. The quantitative estimate of drug-likeness (QED) is 0.848. The second-order valence-electron chi connectivity index (χ2n) is 6.06. The normalized spacial score (nSPS) is 23.5. The lowest BCUT2D eigenvalue weighted by molar-refractivity contribution is -0.274. The Balaban J connectivity index is 1.57.